The molecule has 26 heavy (non-hydrogen) atoms. The van der Waals surface area contributed by atoms with Crippen molar-refractivity contribution in [1.29, 1.82) is 0 Å². The molecule has 0 aliphatic rings. The lowest BCUT2D eigenvalue weighted by atomic mass is 9.97. The van der Waals surface area contributed by atoms with Gasteiger partial charge >= 0.3 is 5.97 Å². The minimum Gasteiger partial charge on any atom is -0.478 e. The highest BCUT2D eigenvalue weighted by Gasteiger charge is 2.08. The molecule has 1 aromatic carbocycles. The molecular formula is C18H16N6O2. The Balaban J connectivity index is 1.75. The number of carbonyl (C=O) groups is 1. The van der Waals surface area contributed by atoms with Gasteiger partial charge in [0.1, 0.15) is 5.69 Å². The highest BCUT2D eigenvalue weighted by atomic mass is 16.4. The maximum atomic E-state index is 10.9. The second-order valence-electron chi connectivity index (χ2n) is 5.73. The number of fused-ring (bicyclic) bond motifs is 1. The Morgan fingerprint density at radius 2 is 1.92 bits per heavy atom. The molecule has 0 aliphatic carbocycles. The van der Waals surface area contributed by atoms with Gasteiger partial charge in [-0.3, -0.25) is 0 Å². The predicted octanol–water partition coefficient (Wildman–Crippen LogP) is 1.83. The van der Waals surface area contributed by atoms with Crippen LogP contribution in [-0.2, 0) is 0 Å². The summed E-state index contributed by atoms with van der Waals surface area (Å²) in [4.78, 5) is 27.2. The fourth-order valence-electron chi connectivity index (χ4n) is 2.37. The Hall–Kier alpha value is -3.73. The van der Waals surface area contributed by atoms with Gasteiger partial charge in [0.15, 0.2) is 17.0 Å². The summed E-state index contributed by atoms with van der Waals surface area (Å²) < 4.78 is 0. The van der Waals surface area contributed by atoms with Crippen molar-refractivity contribution < 1.29 is 9.90 Å². The molecule has 1 unspecified atom stereocenters. The van der Waals surface area contributed by atoms with Gasteiger partial charge in [-0.25, -0.2) is 14.8 Å². The standard InChI is InChI=1S/C18H16N6O2/c1-10(11-5-7-12(8-6-11)17(25)26)3-2-4-13-9-21-16-14(22-13)15(19)23-18(20)24-16/h5-10H,3H2,1H3,(H,25,26)(H4,19,20,21,23,24). The van der Waals surface area contributed by atoms with Crippen LogP contribution in [0.3, 0.4) is 0 Å². The summed E-state index contributed by atoms with van der Waals surface area (Å²) in [5, 5.41) is 8.93. The number of nitrogens with two attached hydrogens (primary N) is 2. The lowest BCUT2D eigenvalue weighted by Crippen LogP contribution is -2.03. The van der Waals surface area contributed by atoms with Crippen molar-refractivity contribution in [3.05, 3.63) is 47.3 Å². The first-order valence-corrected chi connectivity index (χ1v) is 7.82. The Kier molecular flexibility index (Phi) is 4.62. The molecule has 5 N–H and O–H groups in total. The average molecular weight is 348 g/mol. The lowest BCUT2D eigenvalue weighted by Gasteiger charge is -2.08. The third kappa shape index (κ3) is 3.67. The second kappa shape index (κ2) is 7.03. The Morgan fingerprint density at radius 3 is 2.62 bits per heavy atom. The number of benzene rings is 1. The first kappa shape index (κ1) is 17.1. The topological polar surface area (TPSA) is 141 Å². The van der Waals surface area contributed by atoms with Crippen LogP contribution in [0, 0.1) is 11.8 Å². The molecule has 0 aliphatic heterocycles. The first-order chi connectivity index (χ1) is 12.4. The van der Waals surface area contributed by atoms with E-state index in [1.807, 2.05) is 6.92 Å². The van der Waals surface area contributed by atoms with Crippen LogP contribution < -0.4 is 11.5 Å². The van der Waals surface area contributed by atoms with Crippen LogP contribution in [0.25, 0.3) is 11.2 Å². The molecular weight excluding hydrogens is 332 g/mol. The molecule has 1 atom stereocenters. The molecule has 8 heteroatoms. The molecule has 0 bridgehead atoms. The number of hydrogen-bond acceptors (Lipinski definition) is 7. The molecule has 0 radical (unpaired) electrons. The van der Waals surface area contributed by atoms with E-state index < -0.39 is 5.97 Å². The predicted molar refractivity (Wildman–Crippen MR) is 97.3 cm³/mol. The smallest absolute Gasteiger partial charge is 0.335 e. The number of carboxylic acid groups (broad SMARTS) is 1. The molecule has 3 rings (SSSR count). The van der Waals surface area contributed by atoms with E-state index in [1.54, 1.807) is 24.3 Å². The van der Waals surface area contributed by atoms with Crippen molar-refractivity contribution in [3.8, 4) is 11.8 Å². The summed E-state index contributed by atoms with van der Waals surface area (Å²) in [6.07, 6.45) is 2.09. The van der Waals surface area contributed by atoms with Gasteiger partial charge in [0.2, 0.25) is 5.95 Å². The van der Waals surface area contributed by atoms with Crippen LogP contribution in [-0.4, -0.2) is 31.0 Å². The zero-order valence-corrected chi connectivity index (χ0v) is 14.0. The third-order valence-corrected chi connectivity index (χ3v) is 3.80. The van der Waals surface area contributed by atoms with Crippen LogP contribution >= 0.6 is 0 Å². The van der Waals surface area contributed by atoms with E-state index in [0.717, 1.165) is 5.56 Å². The van der Waals surface area contributed by atoms with E-state index in [0.29, 0.717) is 23.3 Å². The van der Waals surface area contributed by atoms with Crippen LogP contribution in [0.15, 0.2) is 30.5 Å². The largest absolute Gasteiger partial charge is 0.478 e. The van der Waals surface area contributed by atoms with Gasteiger partial charge in [0.05, 0.1) is 11.8 Å². The van der Waals surface area contributed by atoms with E-state index >= 15 is 0 Å². The van der Waals surface area contributed by atoms with Crippen LogP contribution in [0.1, 0.15) is 40.9 Å². The summed E-state index contributed by atoms with van der Waals surface area (Å²) in [6.45, 7) is 2.02. The number of rotatable bonds is 3. The van der Waals surface area contributed by atoms with Gasteiger partial charge in [-0.05, 0) is 29.5 Å². The SMILES string of the molecule is CC(CC#Cc1cnc2nc(N)nc(N)c2n1)c1ccc(C(=O)O)cc1. The Labute approximate surface area is 149 Å². The molecule has 8 nitrogen and oxygen atoms in total. The summed E-state index contributed by atoms with van der Waals surface area (Å²) in [6, 6.07) is 6.78. The maximum Gasteiger partial charge on any atom is 0.335 e. The van der Waals surface area contributed by atoms with Crippen molar-refractivity contribution in [2.45, 2.75) is 19.3 Å². The minimum atomic E-state index is -0.941. The molecule has 0 fully saturated rings. The normalized spacial score (nSPS) is 11.6. The molecule has 2 aromatic heterocycles. The molecule has 0 spiro atoms. The fraction of sp³-hybridized carbons (Fsp3) is 0.167. The van der Waals surface area contributed by atoms with Crippen molar-refractivity contribution in [2.75, 3.05) is 11.5 Å². The second-order valence-corrected chi connectivity index (χ2v) is 5.73. The van der Waals surface area contributed by atoms with E-state index in [-0.39, 0.29) is 23.2 Å². The van der Waals surface area contributed by atoms with Gasteiger partial charge in [-0.1, -0.05) is 25.0 Å². The van der Waals surface area contributed by atoms with E-state index in [9.17, 15) is 4.79 Å². The molecule has 0 saturated carbocycles. The van der Waals surface area contributed by atoms with Crippen LogP contribution in [0.4, 0.5) is 11.8 Å². The number of carboxylic acids is 1. The number of nitrogen functional groups attached to an aromatic ring is 2. The third-order valence-electron chi connectivity index (χ3n) is 3.80. The number of aromatic carboxylic acids is 1. The number of hydrogen-bond donors (Lipinski definition) is 3. The molecule has 3 aromatic rings. The summed E-state index contributed by atoms with van der Waals surface area (Å²) in [7, 11) is 0. The zero-order chi connectivity index (χ0) is 18.7. The number of nitrogens with zero attached hydrogens (tertiary/aromatic N) is 4. The highest BCUT2D eigenvalue weighted by Crippen LogP contribution is 2.19. The quantitative estimate of drug-likeness (QED) is 0.609. The van der Waals surface area contributed by atoms with E-state index in [1.165, 1.54) is 6.20 Å². The van der Waals surface area contributed by atoms with Crippen molar-refractivity contribution in [2.24, 2.45) is 0 Å². The summed E-state index contributed by atoms with van der Waals surface area (Å²) >= 11 is 0. The molecule has 0 saturated heterocycles. The van der Waals surface area contributed by atoms with E-state index in [2.05, 4.69) is 31.8 Å². The fourth-order valence-corrected chi connectivity index (χ4v) is 2.37. The highest BCUT2D eigenvalue weighted by molar-refractivity contribution is 5.87. The van der Waals surface area contributed by atoms with Crippen LogP contribution in [0.2, 0.25) is 0 Å². The lowest BCUT2D eigenvalue weighted by molar-refractivity contribution is 0.0697. The molecule has 130 valence electrons. The maximum absolute atomic E-state index is 10.9. The molecule has 0 amide bonds. The van der Waals surface area contributed by atoms with Crippen molar-refractivity contribution in [3.63, 3.8) is 0 Å². The number of anilines is 2. The first-order valence-electron chi connectivity index (χ1n) is 7.82. The van der Waals surface area contributed by atoms with Gasteiger partial charge in [-0.15, -0.1) is 0 Å². The Morgan fingerprint density at radius 1 is 1.19 bits per heavy atom. The Bertz CT molecular complexity index is 1040. The van der Waals surface area contributed by atoms with Crippen molar-refractivity contribution >= 4 is 28.9 Å². The van der Waals surface area contributed by atoms with E-state index in [4.69, 9.17) is 16.6 Å². The van der Waals surface area contributed by atoms with Crippen LogP contribution in [0.5, 0.6) is 0 Å². The monoisotopic (exact) mass is 348 g/mol. The van der Waals surface area contributed by atoms with Gasteiger partial charge in [0, 0.05) is 6.42 Å². The zero-order valence-electron chi connectivity index (χ0n) is 14.0. The van der Waals surface area contributed by atoms with Crippen molar-refractivity contribution in [1.82, 2.24) is 19.9 Å². The minimum absolute atomic E-state index is 0.0471. The summed E-state index contributed by atoms with van der Waals surface area (Å²) in [5.74, 6) is 5.42. The van der Waals surface area contributed by atoms with Gasteiger partial charge in [0.25, 0.3) is 0 Å². The van der Waals surface area contributed by atoms with Gasteiger partial charge < -0.3 is 16.6 Å². The van der Waals surface area contributed by atoms with Gasteiger partial charge in [-0.2, -0.15) is 9.97 Å². The average Bonchev–Trinajstić information content (AvgIpc) is 2.62. The molecule has 2 heterocycles. The summed E-state index contributed by atoms with van der Waals surface area (Å²) in [5.41, 5.74) is 13.7. The number of aromatic nitrogens is 4.